The summed E-state index contributed by atoms with van der Waals surface area (Å²) in [6.07, 6.45) is -2.08. The number of alkyl halides is 3. The molecule has 1 heterocycles. The number of halogens is 3. The number of ether oxygens (including phenoxy) is 2. The zero-order chi connectivity index (χ0) is 17.7. The highest BCUT2D eigenvalue weighted by Gasteiger charge is 2.31. The average molecular weight is 340 g/mol. The van der Waals surface area contributed by atoms with E-state index < -0.39 is 11.9 Å². The average Bonchev–Trinajstić information content (AvgIpc) is 2.58. The zero-order valence-electron chi connectivity index (χ0n) is 13.4. The first-order valence-corrected chi connectivity index (χ1v) is 7.34. The van der Waals surface area contributed by atoms with Gasteiger partial charge in [0.05, 0.1) is 14.2 Å². The van der Waals surface area contributed by atoms with Crippen LogP contribution in [0.1, 0.15) is 29.3 Å². The van der Waals surface area contributed by atoms with Gasteiger partial charge in [-0.1, -0.05) is 12.1 Å². The van der Waals surface area contributed by atoms with Crippen molar-refractivity contribution in [2.24, 2.45) is 5.73 Å². The van der Waals surface area contributed by atoms with Crippen LogP contribution in [0.2, 0.25) is 0 Å². The normalized spacial score (nSPS) is 12.8. The van der Waals surface area contributed by atoms with Crippen molar-refractivity contribution < 1.29 is 22.6 Å². The van der Waals surface area contributed by atoms with Gasteiger partial charge in [-0.2, -0.15) is 13.2 Å². The summed E-state index contributed by atoms with van der Waals surface area (Å²) in [7, 11) is 3.09. The molecule has 0 fully saturated rings. The Balaban J connectivity index is 2.01. The number of methoxy groups -OCH3 is 2. The number of nitrogens with zero attached hydrogens (tertiary/aromatic N) is 1. The molecule has 0 spiro atoms. The Bertz CT molecular complexity index is 673. The van der Waals surface area contributed by atoms with Gasteiger partial charge < -0.3 is 15.2 Å². The molecular formula is C17H19F3N2O2. The van der Waals surface area contributed by atoms with E-state index in [0.717, 1.165) is 11.6 Å². The van der Waals surface area contributed by atoms with Crippen LogP contribution in [-0.2, 0) is 12.6 Å². The highest BCUT2D eigenvalue weighted by atomic mass is 19.4. The Labute approximate surface area is 138 Å². The summed E-state index contributed by atoms with van der Waals surface area (Å²) < 4.78 is 47.9. The molecule has 24 heavy (non-hydrogen) atoms. The molecular weight excluding hydrogens is 321 g/mol. The molecule has 0 saturated heterocycles. The molecule has 0 aliphatic rings. The number of aromatic nitrogens is 1. The lowest BCUT2D eigenvalue weighted by molar-refractivity contribution is -0.141. The van der Waals surface area contributed by atoms with Crippen LogP contribution in [0.4, 0.5) is 13.2 Å². The van der Waals surface area contributed by atoms with E-state index in [1.807, 2.05) is 6.07 Å². The van der Waals surface area contributed by atoms with E-state index in [9.17, 15) is 13.2 Å². The van der Waals surface area contributed by atoms with Gasteiger partial charge in [-0.25, -0.2) is 0 Å². The molecule has 2 aromatic rings. The molecule has 7 heteroatoms. The Morgan fingerprint density at radius 3 is 2.33 bits per heavy atom. The molecule has 0 bridgehead atoms. The standard InChI is InChI=1S/C17H19F3N2O2/c1-23-14-7-5-12(9-15(14)24-2)13(21)6-3-11-4-8-16(22-10-11)17(18,19)20/h4-5,7-10,13H,3,6,21H2,1-2H3. The minimum absolute atomic E-state index is 0.271. The third kappa shape index (κ3) is 4.38. The number of hydrogen-bond acceptors (Lipinski definition) is 4. The number of nitrogens with two attached hydrogens (primary N) is 1. The molecule has 4 nitrogen and oxygen atoms in total. The molecule has 1 unspecified atom stereocenters. The van der Waals surface area contributed by atoms with Crippen molar-refractivity contribution >= 4 is 0 Å². The van der Waals surface area contributed by atoms with Gasteiger partial charge in [0.15, 0.2) is 11.5 Å². The van der Waals surface area contributed by atoms with Gasteiger partial charge >= 0.3 is 6.18 Å². The maximum Gasteiger partial charge on any atom is 0.433 e. The van der Waals surface area contributed by atoms with Crippen LogP contribution in [0.25, 0.3) is 0 Å². The SMILES string of the molecule is COc1ccc(C(N)CCc2ccc(C(F)(F)F)nc2)cc1OC. The topological polar surface area (TPSA) is 57.4 Å². The second-order valence-corrected chi connectivity index (χ2v) is 5.31. The highest BCUT2D eigenvalue weighted by Crippen LogP contribution is 2.31. The van der Waals surface area contributed by atoms with E-state index in [0.29, 0.717) is 29.9 Å². The predicted octanol–water partition coefficient (Wildman–Crippen LogP) is 3.75. The molecule has 0 amide bonds. The fraction of sp³-hybridized carbons (Fsp3) is 0.353. The Kier molecular flexibility index (Phi) is 5.66. The molecule has 130 valence electrons. The van der Waals surface area contributed by atoms with E-state index in [-0.39, 0.29) is 6.04 Å². The Morgan fingerprint density at radius 1 is 1.08 bits per heavy atom. The van der Waals surface area contributed by atoms with E-state index in [4.69, 9.17) is 15.2 Å². The molecule has 0 aliphatic heterocycles. The van der Waals surface area contributed by atoms with Gasteiger partial charge in [-0.05, 0) is 42.2 Å². The van der Waals surface area contributed by atoms with Crippen molar-refractivity contribution in [2.45, 2.75) is 25.1 Å². The van der Waals surface area contributed by atoms with Crippen molar-refractivity contribution in [1.82, 2.24) is 4.98 Å². The molecule has 2 rings (SSSR count). The van der Waals surface area contributed by atoms with Crippen LogP contribution in [-0.4, -0.2) is 19.2 Å². The molecule has 0 aliphatic carbocycles. The number of hydrogen-bond donors (Lipinski definition) is 1. The smallest absolute Gasteiger partial charge is 0.433 e. The molecule has 0 saturated carbocycles. The van der Waals surface area contributed by atoms with Crippen molar-refractivity contribution in [1.29, 1.82) is 0 Å². The fourth-order valence-electron chi connectivity index (χ4n) is 2.31. The predicted molar refractivity (Wildman–Crippen MR) is 84.0 cm³/mol. The Hall–Kier alpha value is -2.28. The van der Waals surface area contributed by atoms with Crippen LogP contribution in [0, 0.1) is 0 Å². The summed E-state index contributed by atoms with van der Waals surface area (Å²) in [4.78, 5) is 3.45. The highest BCUT2D eigenvalue weighted by molar-refractivity contribution is 5.43. The monoisotopic (exact) mass is 340 g/mol. The number of rotatable bonds is 6. The van der Waals surface area contributed by atoms with Crippen molar-refractivity contribution in [3.63, 3.8) is 0 Å². The minimum atomic E-state index is -4.42. The van der Waals surface area contributed by atoms with E-state index in [2.05, 4.69) is 4.98 Å². The Morgan fingerprint density at radius 2 is 1.79 bits per heavy atom. The van der Waals surface area contributed by atoms with E-state index in [1.165, 1.54) is 12.3 Å². The van der Waals surface area contributed by atoms with Gasteiger partial charge in [-0.3, -0.25) is 4.98 Å². The lowest BCUT2D eigenvalue weighted by Gasteiger charge is -2.15. The minimum Gasteiger partial charge on any atom is -0.493 e. The first-order valence-electron chi connectivity index (χ1n) is 7.34. The molecule has 2 N–H and O–H groups in total. The first kappa shape index (κ1) is 18.1. The third-order valence-corrected chi connectivity index (χ3v) is 3.69. The lowest BCUT2D eigenvalue weighted by atomic mass is 10.00. The molecule has 1 aromatic heterocycles. The van der Waals surface area contributed by atoms with Crippen LogP contribution in [0.3, 0.4) is 0 Å². The maximum absolute atomic E-state index is 12.5. The first-order chi connectivity index (χ1) is 11.3. The summed E-state index contributed by atoms with van der Waals surface area (Å²) in [6.45, 7) is 0. The quantitative estimate of drug-likeness (QED) is 0.870. The third-order valence-electron chi connectivity index (χ3n) is 3.69. The van der Waals surface area contributed by atoms with Crippen LogP contribution in [0.15, 0.2) is 36.5 Å². The van der Waals surface area contributed by atoms with Crippen molar-refractivity contribution in [2.75, 3.05) is 14.2 Å². The zero-order valence-corrected chi connectivity index (χ0v) is 13.4. The van der Waals surface area contributed by atoms with Crippen LogP contribution < -0.4 is 15.2 Å². The number of benzene rings is 1. The van der Waals surface area contributed by atoms with Crippen LogP contribution in [0.5, 0.6) is 11.5 Å². The van der Waals surface area contributed by atoms with Gasteiger partial charge in [-0.15, -0.1) is 0 Å². The summed E-state index contributed by atoms with van der Waals surface area (Å²) in [5.41, 5.74) is 6.84. The summed E-state index contributed by atoms with van der Waals surface area (Å²) in [5.74, 6) is 1.20. The van der Waals surface area contributed by atoms with Gasteiger partial charge in [0.25, 0.3) is 0 Å². The summed E-state index contributed by atoms with van der Waals surface area (Å²) in [5, 5.41) is 0. The lowest BCUT2D eigenvalue weighted by Crippen LogP contribution is -2.12. The molecule has 0 radical (unpaired) electrons. The summed E-state index contributed by atoms with van der Waals surface area (Å²) in [6, 6.07) is 7.56. The van der Waals surface area contributed by atoms with Gasteiger partial charge in [0, 0.05) is 12.2 Å². The van der Waals surface area contributed by atoms with Gasteiger partial charge in [0.1, 0.15) is 5.69 Å². The van der Waals surface area contributed by atoms with Crippen molar-refractivity contribution in [3.05, 3.63) is 53.3 Å². The second-order valence-electron chi connectivity index (χ2n) is 5.31. The van der Waals surface area contributed by atoms with E-state index in [1.54, 1.807) is 26.4 Å². The maximum atomic E-state index is 12.5. The van der Waals surface area contributed by atoms with Crippen LogP contribution >= 0.6 is 0 Å². The largest absolute Gasteiger partial charge is 0.493 e. The van der Waals surface area contributed by atoms with E-state index >= 15 is 0 Å². The fourth-order valence-corrected chi connectivity index (χ4v) is 2.31. The summed E-state index contributed by atoms with van der Waals surface area (Å²) >= 11 is 0. The number of pyridine rings is 1. The number of aryl methyl sites for hydroxylation is 1. The second kappa shape index (κ2) is 7.53. The van der Waals surface area contributed by atoms with Gasteiger partial charge in [0.2, 0.25) is 0 Å². The van der Waals surface area contributed by atoms with Crippen molar-refractivity contribution in [3.8, 4) is 11.5 Å². The molecule has 1 atom stereocenters. The molecule has 1 aromatic carbocycles.